The highest BCUT2D eigenvalue weighted by Crippen LogP contribution is 2.57. The molecule has 0 bridgehead atoms. The topological polar surface area (TPSA) is 30.2 Å². The van der Waals surface area contributed by atoms with Crippen molar-refractivity contribution in [3.05, 3.63) is 210 Å². The Hall–Kier alpha value is -6.58. The summed E-state index contributed by atoms with van der Waals surface area (Å²) in [6, 6.07) is 65.5. The first-order chi connectivity index (χ1) is 24.8. The fraction of sp³-hybridized carbons (Fsp3) is 0.0213. The van der Waals surface area contributed by atoms with Gasteiger partial charge in [-0.2, -0.15) is 5.10 Å². The van der Waals surface area contributed by atoms with E-state index in [1.165, 1.54) is 33.4 Å². The van der Waals surface area contributed by atoms with Gasteiger partial charge >= 0.3 is 0 Å². The van der Waals surface area contributed by atoms with Crippen LogP contribution in [0.25, 0.3) is 61.2 Å². The summed E-state index contributed by atoms with van der Waals surface area (Å²) in [6.45, 7) is 0. The van der Waals surface area contributed by atoms with Crippen LogP contribution in [-0.2, 0) is 5.41 Å². The third-order valence-electron chi connectivity index (χ3n) is 10.3. The molecule has 0 unspecified atom stereocenters. The second-order valence-electron chi connectivity index (χ2n) is 13.0. The molecule has 3 aromatic heterocycles. The summed E-state index contributed by atoms with van der Waals surface area (Å²) in [5.41, 5.74) is 14.3. The lowest BCUT2D eigenvalue weighted by Gasteiger charge is -2.34. The molecule has 0 aliphatic heterocycles. The van der Waals surface area contributed by atoms with Crippen LogP contribution < -0.4 is 0 Å². The molecule has 1 aliphatic carbocycles. The van der Waals surface area contributed by atoms with E-state index in [4.69, 9.17) is 10.1 Å². The Balaban J connectivity index is 1.35. The zero-order valence-corrected chi connectivity index (χ0v) is 27.2. The van der Waals surface area contributed by atoms with Crippen molar-refractivity contribution in [2.24, 2.45) is 0 Å². The van der Waals surface area contributed by atoms with E-state index in [0.717, 1.165) is 50.1 Å². The molecule has 3 nitrogen and oxygen atoms in total. The van der Waals surface area contributed by atoms with Crippen LogP contribution in [0.15, 0.2) is 188 Å². The minimum absolute atomic E-state index is 0.498. The van der Waals surface area contributed by atoms with Crippen molar-refractivity contribution in [3.8, 4) is 44.9 Å². The van der Waals surface area contributed by atoms with Crippen molar-refractivity contribution in [1.82, 2.24) is 14.6 Å². The standard InChI is InChI=1S/C47H31N3/c1-4-16-32(17-5-1)45-44(46-37-23-11-10-18-33(37)31-43(50(46)49-45)42-26-14-15-29-48-42)34-27-28-39-38-24-12-13-25-40(38)47(41(39)30-34,35-19-6-2-7-20-35)36-21-8-3-9-22-36/h1-31H. The fourth-order valence-corrected chi connectivity index (χ4v) is 8.26. The van der Waals surface area contributed by atoms with Crippen LogP contribution in [0, 0.1) is 0 Å². The zero-order valence-electron chi connectivity index (χ0n) is 27.2. The highest BCUT2D eigenvalue weighted by atomic mass is 15.2. The molecule has 0 saturated carbocycles. The predicted octanol–water partition coefficient (Wildman–Crippen LogP) is 11.2. The van der Waals surface area contributed by atoms with Gasteiger partial charge in [-0.3, -0.25) is 4.98 Å². The Bertz CT molecular complexity index is 2640. The van der Waals surface area contributed by atoms with Gasteiger partial charge in [0.2, 0.25) is 0 Å². The Morgan fingerprint density at radius 3 is 1.86 bits per heavy atom. The molecule has 0 fully saturated rings. The lowest BCUT2D eigenvalue weighted by Crippen LogP contribution is -2.28. The van der Waals surface area contributed by atoms with E-state index in [0.29, 0.717) is 0 Å². The lowest BCUT2D eigenvalue weighted by atomic mass is 9.67. The van der Waals surface area contributed by atoms with E-state index in [-0.39, 0.29) is 0 Å². The number of aromatic nitrogens is 3. The maximum Gasteiger partial charge on any atom is 0.101 e. The first kappa shape index (κ1) is 28.4. The second kappa shape index (κ2) is 11.3. The Morgan fingerprint density at radius 2 is 1.12 bits per heavy atom. The lowest BCUT2D eigenvalue weighted by molar-refractivity contribution is 0.769. The minimum Gasteiger partial charge on any atom is -0.255 e. The van der Waals surface area contributed by atoms with Crippen LogP contribution >= 0.6 is 0 Å². The summed E-state index contributed by atoms with van der Waals surface area (Å²) < 4.78 is 2.12. The van der Waals surface area contributed by atoms with Crippen LogP contribution in [-0.4, -0.2) is 14.6 Å². The Morgan fingerprint density at radius 1 is 0.480 bits per heavy atom. The number of rotatable bonds is 5. The summed E-state index contributed by atoms with van der Waals surface area (Å²) in [4.78, 5) is 4.79. The monoisotopic (exact) mass is 637 g/mol. The smallest absolute Gasteiger partial charge is 0.101 e. The van der Waals surface area contributed by atoms with Gasteiger partial charge in [0.25, 0.3) is 0 Å². The van der Waals surface area contributed by atoms with Crippen LogP contribution in [0.4, 0.5) is 0 Å². The number of benzene rings is 6. The van der Waals surface area contributed by atoms with E-state index in [2.05, 4.69) is 174 Å². The van der Waals surface area contributed by atoms with Gasteiger partial charge in [-0.25, -0.2) is 4.52 Å². The summed E-state index contributed by atoms with van der Waals surface area (Å²) >= 11 is 0. The van der Waals surface area contributed by atoms with Crippen molar-refractivity contribution in [1.29, 1.82) is 0 Å². The van der Waals surface area contributed by atoms with Gasteiger partial charge in [-0.05, 0) is 68.6 Å². The Labute approximate surface area is 290 Å². The number of hydrogen-bond acceptors (Lipinski definition) is 2. The molecule has 50 heavy (non-hydrogen) atoms. The maximum atomic E-state index is 5.45. The van der Waals surface area contributed by atoms with Crippen LogP contribution in [0.2, 0.25) is 0 Å². The highest BCUT2D eigenvalue weighted by Gasteiger charge is 2.46. The summed E-state index contributed by atoms with van der Waals surface area (Å²) in [5.74, 6) is 0. The van der Waals surface area contributed by atoms with Crippen LogP contribution in [0.5, 0.6) is 0 Å². The number of pyridine rings is 2. The van der Waals surface area contributed by atoms with Gasteiger partial charge in [0.1, 0.15) is 5.69 Å². The molecular formula is C47H31N3. The average molecular weight is 638 g/mol. The summed E-state index contributed by atoms with van der Waals surface area (Å²) in [5, 5.41) is 7.75. The van der Waals surface area contributed by atoms with Crippen molar-refractivity contribution in [2.75, 3.05) is 0 Å². The molecule has 0 saturated heterocycles. The largest absolute Gasteiger partial charge is 0.255 e. The van der Waals surface area contributed by atoms with E-state index >= 15 is 0 Å². The normalized spacial score (nSPS) is 13.0. The predicted molar refractivity (Wildman–Crippen MR) is 204 cm³/mol. The third-order valence-corrected chi connectivity index (χ3v) is 10.3. The Kier molecular flexibility index (Phi) is 6.40. The molecule has 0 atom stereocenters. The van der Waals surface area contributed by atoms with E-state index < -0.39 is 5.41 Å². The molecule has 234 valence electrons. The molecule has 10 rings (SSSR count). The molecular weight excluding hydrogens is 607 g/mol. The maximum absolute atomic E-state index is 5.45. The quantitative estimate of drug-likeness (QED) is 0.188. The second-order valence-corrected chi connectivity index (χ2v) is 13.0. The molecule has 0 N–H and O–H groups in total. The number of hydrogen-bond donors (Lipinski definition) is 0. The minimum atomic E-state index is -0.498. The SMILES string of the molecule is c1ccc(-c2nn3c(-c4ccccn4)cc4ccccc4c3c2-c2ccc3c(c2)C(c2ccccc2)(c2ccccc2)c2ccccc2-3)cc1. The van der Waals surface area contributed by atoms with Crippen molar-refractivity contribution in [2.45, 2.75) is 5.41 Å². The van der Waals surface area contributed by atoms with Gasteiger partial charge in [0, 0.05) is 22.7 Å². The van der Waals surface area contributed by atoms with Gasteiger partial charge in [0.15, 0.2) is 0 Å². The fourth-order valence-electron chi connectivity index (χ4n) is 8.26. The molecule has 3 heteroatoms. The van der Waals surface area contributed by atoms with E-state index in [1.807, 2.05) is 18.3 Å². The van der Waals surface area contributed by atoms with E-state index in [9.17, 15) is 0 Å². The average Bonchev–Trinajstić information content (AvgIpc) is 3.74. The summed E-state index contributed by atoms with van der Waals surface area (Å²) in [6.07, 6.45) is 1.85. The highest BCUT2D eigenvalue weighted by molar-refractivity contribution is 6.09. The van der Waals surface area contributed by atoms with Gasteiger partial charge in [0.05, 0.1) is 22.3 Å². The molecule has 0 radical (unpaired) electrons. The molecule has 3 heterocycles. The molecule has 1 aliphatic rings. The zero-order chi connectivity index (χ0) is 33.1. The first-order valence-corrected chi connectivity index (χ1v) is 17.1. The summed E-state index contributed by atoms with van der Waals surface area (Å²) in [7, 11) is 0. The van der Waals surface area contributed by atoms with E-state index in [1.54, 1.807) is 0 Å². The molecule has 9 aromatic rings. The van der Waals surface area contributed by atoms with Crippen molar-refractivity contribution < 1.29 is 0 Å². The van der Waals surface area contributed by atoms with Gasteiger partial charge in [-0.15, -0.1) is 0 Å². The number of fused-ring (bicyclic) bond motifs is 6. The van der Waals surface area contributed by atoms with Crippen LogP contribution in [0.3, 0.4) is 0 Å². The van der Waals surface area contributed by atoms with Crippen LogP contribution in [0.1, 0.15) is 22.3 Å². The van der Waals surface area contributed by atoms with Gasteiger partial charge < -0.3 is 0 Å². The third kappa shape index (κ3) is 4.10. The molecule has 0 amide bonds. The molecule has 0 spiro atoms. The first-order valence-electron chi connectivity index (χ1n) is 17.1. The van der Waals surface area contributed by atoms with Crippen molar-refractivity contribution in [3.63, 3.8) is 0 Å². The number of nitrogens with zero attached hydrogens (tertiary/aromatic N) is 3. The molecule has 6 aromatic carbocycles. The van der Waals surface area contributed by atoms with Crippen molar-refractivity contribution >= 4 is 16.3 Å². The van der Waals surface area contributed by atoms with Gasteiger partial charge in [-0.1, -0.05) is 158 Å².